The molecule has 1 atom stereocenters. The summed E-state index contributed by atoms with van der Waals surface area (Å²) >= 11 is 3.57. The van der Waals surface area contributed by atoms with Gasteiger partial charge in [-0.1, -0.05) is 34.9 Å². The number of ether oxygens (including phenoxy) is 1. The lowest BCUT2D eigenvalue weighted by Crippen LogP contribution is -2.36. The van der Waals surface area contributed by atoms with E-state index in [-0.39, 0.29) is 5.60 Å². The van der Waals surface area contributed by atoms with E-state index in [0.717, 1.165) is 78.3 Å². The monoisotopic (exact) mass is 488 g/mol. The molecular formula is C28H41BrO2. The molecule has 0 aromatic heterocycles. The maximum Gasteiger partial charge on any atom is 0.133 e. The fraction of sp³-hybridized carbons (Fsp3) is 0.571. The van der Waals surface area contributed by atoms with Gasteiger partial charge in [0.15, 0.2) is 0 Å². The van der Waals surface area contributed by atoms with Gasteiger partial charge in [-0.3, -0.25) is 0 Å². The summed E-state index contributed by atoms with van der Waals surface area (Å²) in [6.45, 7) is 15.1. The van der Waals surface area contributed by atoms with Crippen LogP contribution in [0.4, 0.5) is 0 Å². The van der Waals surface area contributed by atoms with Crippen molar-refractivity contribution in [3.63, 3.8) is 0 Å². The number of halogens is 1. The van der Waals surface area contributed by atoms with Crippen molar-refractivity contribution in [2.75, 3.05) is 0 Å². The van der Waals surface area contributed by atoms with E-state index in [4.69, 9.17) is 4.74 Å². The Kier molecular flexibility index (Phi) is 9.48. The highest BCUT2D eigenvalue weighted by molar-refractivity contribution is 9.10. The van der Waals surface area contributed by atoms with Gasteiger partial charge in [0, 0.05) is 5.56 Å². The summed E-state index contributed by atoms with van der Waals surface area (Å²) in [4.78, 5) is 0. The first-order valence-corrected chi connectivity index (χ1v) is 12.5. The lowest BCUT2D eigenvalue weighted by atomic mass is 9.86. The zero-order chi connectivity index (χ0) is 23.2. The predicted molar refractivity (Wildman–Crippen MR) is 137 cm³/mol. The number of benzene rings is 1. The quantitative estimate of drug-likeness (QED) is 0.351. The van der Waals surface area contributed by atoms with Crippen molar-refractivity contribution >= 4 is 15.9 Å². The van der Waals surface area contributed by atoms with Gasteiger partial charge in [-0.05, 0) is 127 Å². The second kappa shape index (κ2) is 11.4. The number of hydrogen-bond donors (Lipinski definition) is 1. The van der Waals surface area contributed by atoms with E-state index in [2.05, 4.69) is 68.8 Å². The Morgan fingerprint density at radius 2 is 1.55 bits per heavy atom. The van der Waals surface area contributed by atoms with Crippen molar-refractivity contribution in [2.45, 2.75) is 105 Å². The van der Waals surface area contributed by atoms with Gasteiger partial charge in [0.1, 0.15) is 17.1 Å². The molecular weight excluding hydrogens is 448 g/mol. The van der Waals surface area contributed by atoms with Crippen LogP contribution in [0.5, 0.6) is 11.5 Å². The van der Waals surface area contributed by atoms with Gasteiger partial charge in [-0.15, -0.1) is 0 Å². The number of aromatic hydroxyl groups is 1. The highest BCUT2D eigenvalue weighted by Gasteiger charge is 2.34. The summed E-state index contributed by atoms with van der Waals surface area (Å²) < 4.78 is 7.33. The van der Waals surface area contributed by atoms with E-state index < -0.39 is 0 Å². The number of phenolic OH excluding ortho intramolecular Hbond substituents is 1. The summed E-state index contributed by atoms with van der Waals surface area (Å²) in [5, 5.41) is 10.3. The third-order valence-corrected chi connectivity index (χ3v) is 7.40. The second-order valence-corrected chi connectivity index (χ2v) is 10.6. The number of hydrogen-bond acceptors (Lipinski definition) is 2. The van der Waals surface area contributed by atoms with E-state index in [1.807, 2.05) is 13.8 Å². The molecule has 2 nitrogen and oxygen atoms in total. The maximum absolute atomic E-state index is 10.3. The average molecular weight is 490 g/mol. The Balaban J connectivity index is 1.88. The highest BCUT2D eigenvalue weighted by Crippen LogP contribution is 2.46. The van der Waals surface area contributed by atoms with Gasteiger partial charge in [-0.2, -0.15) is 0 Å². The normalized spacial score (nSPS) is 19.1. The van der Waals surface area contributed by atoms with Crippen LogP contribution in [0.25, 0.3) is 0 Å². The van der Waals surface area contributed by atoms with Crippen molar-refractivity contribution < 1.29 is 9.84 Å². The number of rotatable bonds is 9. The van der Waals surface area contributed by atoms with Crippen LogP contribution in [0.2, 0.25) is 0 Å². The van der Waals surface area contributed by atoms with Crippen LogP contribution >= 0.6 is 15.9 Å². The molecule has 0 amide bonds. The zero-order valence-electron chi connectivity index (χ0n) is 20.6. The molecule has 1 aromatic carbocycles. The first-order chi connectivity index (χ1) is 14.5. The summed E-state index contributed by atoms with van der Waals surface area (Å²) in [5.74, 6) is 1.31. The van der Waals surface area contributed by atoms with Crippen LogP contribution in [-0.4, -0.2) is 10.7 Å². The van der Waals surface area contributed by atoms with Crippen LogP contribution in [0.1, 0.15) is 96.3 Å². The highest BCUT2D eigenvalue weighted by atomic mass is 79.9. The Labute approximate surface area is 198 Å². The summed E-state index contributed by atoms with van der Waals surface area (Å²) in [6.07, 6.45) is 15.6. The fourth-order valence-corrected chi connectivity index (χ4v) is 4.84. The van der Waals surface area contributed by atoms with Crippen molar-refractivity contribution in [3.8, 4) is 11.5 Å². The molecule has 3 heteroatoms. The smallest absolute Gasteiger partial charge is 0.133 e. The lowest BCUT2D eigenvalue weighted by Gasteiger charge is -2.37. The van der Waals surface area contributed by atoms with Crippen molar-refractivity contribution in [1.29, 1.82) is 0 Å². The molecule has 0 radical (unpaired) electrons. The van der Waals surface area contributed by atoms with Gasteiger partial charge in [0.2, 0.25) is 0 Å². The molecule has 31 heavy (non-hydrogen) atoms. The zero-order valence-corrected chi connectivity index (χ0v) is 22.2. The SMILES string of the molecule is CC(C)=CCC/C(C)=C/CC/C(C)=C/CC[C@]1(C)CCc2c(Br)c(O)c(C)c(C)c2O1. The fourth-order valence-electron chi connectivity index (χ4n) is 4.17. The molecule has 0 unspecified atom stereocenters. The molecule has 2 rings (SSSR count). The lowest BCUT2D eigenvalue weighted by molar-refractivity contribution is 0.0558. The number of phenols is 1. The van der Waals surface area contributed by atoms with Crippen molar-refractivity contribution in [3.05, 3.63) is 56.1 Å². The molecule has 0 saturated carbocycles. The standard InChI is InChI=1S/C28H41BrO2/c1-19(2)11-8-12-20(3)13-9-14-21(4)15-10-17-28(7)18-16-24-25(29)26(30)22(5)23(6)27(24)31-28/h11,13,15,30H,8-10,12,14,16-18H2,1-7H3/b20-13+,21-15+/t28-/m1/s1. The van der Waals surface area contributed by atoms with E-state index >= 15 is 0 Å². The average Bonchev–Trinajstić information content (AvgIpc) is 2.70. The summed E-state index contributed by atoms with van der Waals surface area (Å²) in [5.41, 5.74) is 7.27. The summed E-state index contributed by atoms with van der Waals surface area (Å²) in [7, 11) is 0. The minimum absolute atomic E-state index is 0.154. The largest absolute Gasteiger partial charge is 0.506 e. The molecule has 0 bridgehead atoms. The predicted octanol–water partition coefficient (Wildman–Crippen LogP) is 9.05. The Hall–Kier alpha value is -1.48. The maximum atomic E-state index is 10.3. The third-order valence-electron chi connectivity index (χ3n) is 6.55. The van der Waals surface area contributed by atoms with Gasteiger partial charge >= 0.3 is 0 Å². The molecule has 1 aliphatic rings. The molecule has 0 spiro atoms. The van der Waals surface area contributed by atoms with Crippen LogP contribution < -0.4 is 4.74 Å². The first-order valence-electron chi connectivity index (χ1n) is 11.7. The van der Waals surface area contributed by atoms with Crippen molar-refractivity contribution in [1.82, 2.24) is 0 Å². The molecule has 172 valence electrons. The molecule has 0 aliphatic carbocycles. The van der Waals surface area contributed by atoms with E-state index in [9.17, 15) is 5.11 Å². The minimum Gasteiger partial charge on any atom is -0.506 e. The molecule has 0 fully saturated rings. The van der Waals surface area contributed by atoms with Crippen LogP contribution in [0.15, 0.2) is 39.4 Å². The molecule has 1 aliphatic heterocycles. The van der Waals surface area contributed by atoms with Gasteiger partial charge < -0.3 is 9.84 Å². The van der Waals surface area contributed by atoms with Crippen molar-refractivity contribution in [2.24, 2.45) is 0 Å². The van der Waals surface area contributed by atoms with E-state index in [1.54, 1.807) is 0 Å². The van der Waals surface area contributed by atoms with Crippen LogP contribution in [0, 0.1) is 13.8 Å². The third kappa shape index (κ3) is 7.27. The number of fused-ring (bicyclic) bond motifs is 1. The molecule has 1 aromatic rings. The molecule has 1 heterocycles. The number of allylic oxidation sites excluding steroid dienone is 6. The van der Waals surface area contributed by atoms with Gasteiger partial charge in [-0.25, -0.2) is 0 Å². The topological polar surface area (TPSA) is 29.5 Å². The summed E-state index contributed by atoms with van der Waals surface area (Å²) in [6, 6.07) is 0. The Morgan fingerprint density at radius 1 is 0.968 bits per heavy atom. The Bertz CT molecular complexity index is 872. The second-order valence-electron chi connectivity index (χ2n) is 9.77. The van der Waals surface area contributed by atoms with Crippen LogP contribution in [0.3, 0.4) is 0 Å². The van der Waals surface area contributed by atoms with Gasteiger partial charge in [0.05, 0.1) is 4.47 Å². The van der Waals surface area contributed by atoms with E-state index in [1.165, 1.54) is 16.7 Å². The Morgan fingerprint density at radius 3 is 2.16 bits per heavy atom. The molecule has 1 N–H and O–H groups in total. The van der Waals surface area contributed by atoms with Gasteiger partial charge in [0.25, 0.3) is 0 Å². The minimum atomic E-state index is -0.154. The van der Waals surface area contributed by atoms with E-state index in [0.29, 0.717) is 5.75 Å². The first kappa shape index (κ1) is 25.8. The van der Waals surface area contributed by atoms with Crippen LogP contribution in [-0.2, 0) is 6.42 Å². The molecule has 0 saturated heterocycles.